The summed E-state index contributed by atoms with van der Waals surface area (Å²) in [5.74, 6) is 0.255. The van der Waals surface area contributed by atoms with E-state index in [-0.39, 0.29) is 12.0 Å². The van der Waals surface area contributed by atoms with Gasteiger partial charge < -0.3 is 20.7 Å². The summed E-state index contributed by atoms with van der Waals surface area (Å²) in [6.07, 6.45) is 1.45. The number of carbonyl (C=O) groups is 2. The monoisotopic (exact) mass is 319 g/mol. The largest absolute Gasteiger partial charge is 0.445 e. The van der Waals surface area contributed by atoms with E-state index in [0.717, 1.165) is 18.4 Å². The predicted octanol–water partition coefficient (Wildman–Crippen LogP) is 1.50. The van der Waals surface area contributed by atoms with E-state index in [9.17, 15) is 9.59 Å². The molecule has 1 unspecified atom stereocenters. The lowest BCUT2D eigenvalue weighted by atomic mass is 9.97. The highest BCUT2D eigenvalue weighted by Gasteiger charge is 2.24. The minimum absolute atomic E-state index is 0.130. The van der Waals surface area contributed by atoms with Crippen LogP contribution in [0.1, 0.15) is 25.3 Å². The molecule has 1 aromatic rings. The fourth-order valence-electron chi connectivity index (χ4n) is 2.54. The molecular formula is C17H25N3O3. The van der Waals surface area contributed by atoms with Crippen LogP contribution in [0.4, 0.5) is 4.79 Å². The number of nitrogens with one attached hydrogen (secondary N) is 1. The number of hydrogen-bond donors (Lipinski definition) is 2. The second-order valence-electron chi connectivity index (χ2n) is 6.00. The molecule has 0 saturated carbocycles. The molecule has 1 atom stereocenters. The first-order chi connectivity index (χ1) is 11.1. The summed E-state index contributed by atoms with van der Waals surface area (Å²) in [6, 6.07) is 9.15. The van der Waals surface area contributed by atoms with E-state index < -0.39 is 6.04 Å². The summed E-state index contributed by atoms with van der Waals surface area (Å²) in [6.45, 7) is 3.90. The molecule has 1 heterocycles. The van der Waals surface area contributed by atoms with E-state index >= 15 is 0 Å². The molecule has 2 rings (SSSR count). The van der Waals surface area contributed by atoms with Crippen LogP contribution in [-0.2, 0) is 16.1 Å². The third kappa shape index (κ3) is 5.56. The van der Waals surface area contributed by atoms with Gasteiger partial charge in [0.25, 0.3) is 0 Å². The van der Waals surface area contributed by atoms with Gasteiger partial charge in [-0.2, -0.15) is 0 Å². The molecule has 2 amide bonds. The second kappa shape index (κ2) is 8.53. The smallest absolute Gasteiger partial charge is 0.410 e. The van der Waals surface area contributed by atoms with Crippen LogP contribution < -0.4 is 11.1 Å². The highest BCUT2D eigenvalue weighted by atomic mass is 16.6. The van der Waals surface area contributed by atoms with E-state index in [1.165, 1.54) is 0 Å². The van der Waals surface area contributed by atoms with Gasteiger partial charge in [-0.15, -0.1) is 0 Å². The van der Waals surface area contributed by atoms with Crippen molar-refractivity contribution in [3.05, 3.63) is 35.9 Å². The molecule has 0 spiro atoms. The fourth-order valence-corrected chi connectivity index (χ4v) is 2.54. The number of amides is 2. The summed E-state index contributed by atoms with van der Waals surface area (Å²) in [5, 5.41) is 2.84. The first-order valence-corrected chi connectivity index (χ1v) is 8.05. The van der Waals surface area contributed by atoms with Gasteiger partial charge >= 0.3 is 6.09 Å². The summed E-state index contributed by atoms with van der Waals surface area (Å²) >= 11 is 0. The summed E-state index contributed by atoms with van der Waals surface area (Å²) in [4.78, 5) is 25.2. The second-order valence-corrected chi connectivity index (χ2v) is 6.00. The molecule has 0 aliphatic carbocycles. The van der Waals surface area contributed by atoms with Gasteiger partial charge in [0.2, 0.25) is 5.91 Å². The van der Waals surface area contributed by atoms with Gasteiger partial charge in [-0.05, 0) is 31.2 Å². The Balaban J connectivity index is 1.67. The Kier molecular flexibility index (Phi) is 6.40. The maximum atomic E-state index is 12.1. The highest BCUT2D eigenvalue weighted by molar-refractivity contribution is 5.80. The van der Waals surface area contributed by atoms with Gasteiger partial charge in [-0.3, -0.25) is 4.79 Å². The van der Waals surface area contributed by atoms with Crippen LogP contribution in [-0.4, -0.2) is 42.6 Å². The highest BCUT2D eigenvalue weighted by Crippen LogP contribution is 2.17. The van der Waals surface area contributed by atoms with Crippen LogP contribution in [0, 0.1) is 5.92 Å². The normalized spacial score (nSPS) is 16.7. The van der Waals surface area contributed by atoms with E-state index in [2.05, 4.69) is 5.32 Å². The maximum absolute atomic E-state index is 12.1. The Bertz CT molecular complexity index is 511. The predicted molar refractivity (Wildman–Crippen MR) is 87.6 cm³/mol. The number of hydrogen-bond acceptors (Lipinski definition) is 4. The van der Waals surface area contributed by atoms with Crippen molar-refractivity contribution < 1.29 is 14.3 Å². The van der Waals surface area contributed by atoms with Crippen molar-refractivity contribution in [2.45, 2.75) is 32.4 Å². The Labute approximate surface area is 137 Å². The molecular weight excluding hydrogens is 294 g/mol. The van der Waals surface area contributed by atoms with Crippen LogP contribution in [0.5, 0.6) is 0 Å². The number of benzene rings is 1. The summed E-state index contributed by atoms with van der Waals surface area (Å²) in [5.41, 5.74) is 6.49. The minimum Gasteiger partial charge on any atom is -0.445 e. The molecule has 6 nitrogen and oxygen atoms in total. The lowest BCUT2D eigenvalue weighted by Crippen LogP contribution is -2.44. The lowest BCUT2D eigenvalue weighted by molar-refractivity contribution is -0.122. The number of likely N-dealkylation sites (tertiary alicyclic amines) is 1. The number of piperidine rings is 1. The summed E-state index contributed by atoms with van der Waals surface area (Å²) < 4.78 is 5.33. The van der Waals surface area contributed by atoms with Crippen molar-refractivity contribution in [1.82, 2.24) is 10.2 Å². The molecule has 1 aliphatic rings. The fraction of sp³-hybridized carbons (Fsp3) is 0.529. The van der Waals surface area contributed by atoms with E-state index in [4.69, 9.17) is 10.5 Å². The molecule has 6 heteroatoms. The zero-order valence-corrected chi connectivity index (χ0v) is 13.5. The molecule has 0 bridgehead atoms. The molecule has 23 heavy (non-hydrogen) atoms. The third-order valence-electron chi connectivity index (χ3n) is 4.06. The van der Waals surface area contributed by atoms with E-state index in [1.54, 1.807) is 11.8 Å². The zero-order valence-electron chi connectivity index (χ0n) is 13.5. The Morgan fingerprint density at radius 1 is 1.30 bits per heavy atom. The molecule has 126 valence electrons. The number of ether oxygens (including phenoxy) is 1. The van der Waals surface area contributed by atoms with E-state index in [1.807, 2.05) is 30.3 Å². The van der Waals surface area contributed by atoms with Crippen molar-refractivity contribution in [3.63, 3.8) is 0 Å². The first kappa shape index (κ1) is 17.3. The average molecular weight is 319 g/mol. The average Bonchev–Trinajstić information content (AvgIpc) is 2.58. The molecule has 3 N–H and O–H groups in total. The topological polar surface area (TPSA) is 84.7 Å². The first-order valence-electron chi connectivity index (χ1n) is 8.05. The van der Waals surface area contributed by atoms with E-state index in [0.29, 0.717) is 32.2 Å². The van der Waals surface area contributed by atoms with Gasteiger partial charge in [0.05, 0.1) is 6.04 Å². The van der Waals surface area contributed by atoms with Gasteiger partial charge in [0.1, 0.15) is 6.61 Å². The van der Waals surface area contributed by atoms with Gasteiger partial charge in [0, 0.05) is 19.6 Å². The molecule has 1 saturated heterocycles. The standard InChI is InChI=1S/C17H25N3O3/c1-13(18)16(21)19-11-14-7-9-20(10-8-14)17(22)23-12-15-5-3-2-4-6-15/h2-6,13-14H,7-12,18H2,1H3,(H,19,21). The lowest BCUT2D eigenvalue weighted by Gasteiger charge is -2.31. The van der Waals surface area contributed by atoms with Gasteiger partial charge in [0.15, 0.2) is 0 Å². The number of nitrogens with two attached hydrogens (primary N) is 1. The maximum Gasteiger partial charge on any atom is 0.410 e. The molecule has 1 aromatic carbocycles. The molecule has 1 fully saturated rings. The van der Waals surface area contributed by atoms with Crippen molar-refractivity contribution in [2.75, 3.05) is 19.6 Å². The van der Waals surface area contributed by atoms with Crippen LogP contribution >= 0.6 is 0 Å². The van der Waals surface area contributed by atoms with Crippen molar-refractivity contribution in [2.24, 2.45) is 11.7 Å². The number of rotatable bonds is 5. The Morgan fingerprint density at radius 3 is 2.57 bits per heavy atom. The number of nitrogens with zero attached hydrogens (tertiary/aromatic N) is 1. The zero-order chi connectivity index (χ0) is 16.7. The third-order valence-corrected chi connectivity index (χ3v) is 4.06. The Hall–Kier alpha value is -2.08. The molecule has 1 aliphatic heterocycles. The minimum atomic E-state index is -0.483. The quantitative estimate of drug-likeness (QED) is 0.861. The van der Waals surface area contributed by atoms with Crippen LogP contribution in [0.25, 0.3) is 0 Å². The van der Waals surface area contributed by atoms with Crippen molar-refractivity contribution in [1.29, 1.82) is 0 Å². The van der Waals surface area contributed by atoms with Crippen molar-refractivity contribution in [3.8, 4) is 0 Å². The van der Waals surface area contributed by atoms with Crippen molar-refractivity contribution >= 4 is 12.0 Å². The molecule has 0 radical (unpaired) electrons. The van der Waals surface area contributed by atoms with Gasteiger partial charge in [-0.25, -0.2) is 4.79 Å². The van der Waals surface area contributed by atoms with Crippen LogP contribution in [0.2, 0.25) is 0 Å². The van der Waals surface area contributed by atoms with Gasteiger partial charge in [-0.1, -0.05) is 30.3 Å². The Morgan fingerprint density at radius 2 is 1.96 bits per heavy atom. The summed E-state index contributed by atoms with van der Waals surface area (Å²) in [7, 11) is 0. The van der Waals surface area contributed by atoms with Crippen LogP contribution in [0.3, 0.4) is 0 Å². The number of carbonyl (C=O) groups excluding carboxylic acids is 2. The SMILES string of the molecule is CC(N)C(=O)NCC1CCN(C(=O)OCc2ccccc2)CC1. The molecule has 0 aromatic heterocycles. The van der Waals surface area contributed by atoms with Crippen LogP contribution in [0.15, 0.2) is 30.3 Å².